The largest absolute Gasteiger partial charge is 0.399 e. The summed E-state index contributed by atoms with van der Waals surface area (Å²) in [4.78, 5) is 26.1. The van der Waals surface area contributed by atoms with Gasteiger partial charge < -0.3 is 39.3 Å². The van der Waals surface area contributed by atoms with Crippen LogP contribution >= 0.6 is 0 Å². The van der Waals surface area contributed by atoms with Crippen molar-refractivity contribution in [3.05, 3.63) is 168 Å². The van der Waals surface area contributed by atoms with Crippen LogP contribution in [-0.2, 0) is 12.8 Å². The van der Waals surface area contributed by atoms with Crippen molar-refractivity contribution in [1.29, 1.82) is 0 Å². The molecule has 6 rings (SSSR count). The van der Waals surface area contributed by atoms with Crippen LogP contribution in [-0.4, -0.2) is 18.6 Å². The van der Waals surface area contributed by atoms with Gasteiger partial charge in [0.15, 0.2) is 11.6 Å². The highest BCUT2D eigenvalue weighted by Crippen LogP contribution is 2.25. The number of hydrogen-bond acceptors (Lipinski definition) is 9. The Hall–Kier alpha value is -6.74. The summed E-state index contributed by atoms with van der Waals surface area (Å²) in [6.45, 7) is 0. The first kappa shape index (κ1) is 44.0. The predicted octanol–water partition coefficient (Wildman–Crippen LogP) is 10.3. The van der Waals surface area contributed by atoms with Crippen molar-refractivity contribution >= 4 is 57.1 Å². The van der Waals surface area contributed by atoms with Gasteiger partial charge >= 0.3 is 0 Å². The highest BCUT2D eigenvalue weighted by Gasteiger charge is 2.07. The van der Waals surface area contributed by atoms with E-state index in [1.165, 1.54) is 11.1 Å². The number of unbranched alkanes of at least 4 members (excludes halogenated alkanes) is 4. The van der Waals surface area contributed by atoms with E-state index in [1.807, 2.05) is 79.8 Å². The number of carbonyl (C=O) groups excluding carboxylic acids is 2. The van der Waals surface area contributed by atoms with Crippen molar-refractivity contribution in [2.45, 2.75) is 64.2 Å². The summed E-state index contributed by atoms with van der Waals surface area (Å²) >= 11 is 0. The lowest BCUT2D eigenvalue weighted by molar-refractivity contribution is 0.0973. The van der Waals surface area contributed by atoms with Crippen LogP contribution in [0.5, 0.6) is 0 Å². The number of hydrogen-bond donors (Lipinski definition) is 6. The van der Waals surface area contributed by atoms with Crippen LogP contribution in [0.25, 0.3) is 0 Å². The standard InChI is InChI=1S/C21H26N2O2.C15H18N2.C13H15N3/c22-18-12-8-16(9-13-18)20(24)6-4-2-1-3-5-7-21(25)17-10-14-19(23)15-11-17;16-14-8-4-12(5-9-14)2-1-3-13-6-10-15(17)11-7-13;1-16(12-6-2-10(14)3-7-12)13-8-4-11(15)5-9-13/h8-15H,1-7,22-23H2;4-11H,1-3,16-17H2;2-9H,14-15H2,1H3. The molecule has 9 nitrogen and oxygen atoms in total. The van der Waals surface area contributed by atoms with Crippen LogP contribution in [0.4, 0.5) is 45.5 Å². The van der Waals surface area contributed by atoms with Crippen LogP contribution in [0.1, 0.15) is 83.2 Å². The molecule has 0 atom stereocenters. The van der Waals surface area contributed by atoms with Crippen molar-refractivity contribution in [3.63, 3.8) is 0 Å². The molecule has 0 aliphatic carbocycles. The summed E-state index contributed by atoms with van der Waals surface area (Å²) in [6.07, 6.45) is 9.29. The molecule has 0 bridgehead atoms. The van der Waals surface area contributed by atoms with Crippen LogP contribution in [0.2, 0.25) is 0 Å². The average molecular weight is 778 g/mol. The molecule has 302 valence electrons. The third kappa shape index (κ3) is 15.8. The SMILES string of the molecule is CN(c1ccc(N)cc1)c1ccc(N)cc1.Nc1ccc(C(=O)CCCCCCCC(=O)c2ccc(N)cc2)cc1.Nc1ccc(CCCc2ccc(N)cc2)cc1. The lowest BCUT2D eigenvalue weighted by atomic mass is 10.0. The molecule has 0 fully saturated rings. The number of anilines is 8. The number of nitrogen functional groups attached to an aromatic ring is 6. The second-order valence-electron chi connectivity index (χ2n) is 14.4. The third-order valence-electron chi connectivity index (χ3n) is 9.72. The minimum atomic E-state index is 0.165. The normalized spacial score (nSPS) is 10.4. The molecule has 0 amide bonds. The van der Waals surface area contributed by atoms with Crippen molar-refractivity contribution in [2.75, 3.05) is 46.3 Å². The zero-order valence-corrected chi connectivity index (χ0v) is 33.7. The molecule has 0 aliphatic rings. The van der Waals surface area contributed by atoms with Crippen molar-refractivity contribution in [1.82, 2.24) is 0 Å². The van der Waals surface area contributed by atoms with Gasteiger partial charge in [0.05, 0.1) is 0 Å². The van der Waals surface area contributed by atoms with Gasteiger partial charge in [-0.1, -0.05) is 43.5 Å². The fourth-order valence-corrected chi connectivity index (χ4v) is 6.14. The van der Waals surface area contributed by atoms with E-state index in [9.17, 15) is 9.59 Å². The van der Waals surface area contributed by atoms with Gasteiger partial charge in [-0.15, -0.1) is 0 Å². The second kappa shape index (κ2) is 23.4. The molecular weight excluding hydrogens is 719 g/mol. The molecule has 0 unspecified atom stereocenters. The maximum absolute atomic E-state index is 12.0. The third-order valence-corrected chi connectivity index (χ3v) is 9.72. The van der Waals surface area contributed by atoms with E-state index in [1.54, 1.807) is 48.5 Å². The summed E-state index contributed by atoms with van der Waals surface area (Å²) < 4.78 is 0. The molecule has 0 spiro atoms. The Morgan fingerprint density at radius 3 is 0.931 bits per heavy atom. The number of rotatable bonds is 16. The highest BCUT2D eigenvalue weighted by molar-refractivity contribution is 5.96. The zero-order valence-electron chi connectivity index (χ0n) is 33.7. The molecule has 0 aliphatic heterocycles. The van der Waals surface area contributed by atoms with Gasteiger partial charge in [-0.3, -0.25) is 9.59 Å². The van der Waals surface area contributed by atoms with Crippen molar-refractivity contribution in [3.8, 4) is 0 Å². The van der Waals surface area contributed by atoms with E-state index in [0.717, 1.165) is 96.6 Å². The number of ketones is 2. The van der Waals surface area contributed by atoms with E-state index in [-0.39, 0.29) is 11.6 Å². The molecule has 58 heavy (non-hydrogen) atoms. The molecule has 0 heterocycles. The number of nitrogens with two attached hydrogens (primary N) is 6. The monoisotopic (exact) mass is 777 g/mol. The summed E-state index contributed by atoms with van der Waals surface area (Å²) in [5.74, 6) is 0.331. The first-order chi connectivity index (χ1) is 28.0. The van der Waals surface area contributed by atoms with Gasteiger partial charge in [-0.25, -0.2) is 0 Å². The molecule has 6 aromatic rings. The zero-order chi connectivity index (χ0) is 41.7. The first-order valence-electron chi connectivity index (χ1n) is 19.9. The van der Waals surface area contributed by atoms with E-state index >= 15 is 0 Å². The minimum absolute atomic E-state index is 0.165. The summed E-state index contributed by atoms with van der Waals surface area (Å²) in [7, 11) is 2.01. The van der Waals surface area contributed by atoms with Crippen LogP contribution in [0.3, 0.4) is 0 Å². The molecule has 0 saturated carbocycles. The Bertz CT molecular complexity index is 1950. The van der Waals surface area contributed by atoms with Gasteiger partial charge in [0.25, 0.3) is 0 Å². The average Bonchev–Trinajstić information content (AvgIpc) is 3.23. The number of aryl methyl sites for hydroxylation is 2. The first-order valence-corrected chi connectivity index (χ1v) is 19.9. The number of Topliss-reactive ketones (excluding diaryl/α,β-unsaturated/α-hetero) is 2. The molecule has 6 aromatic carbocycles. The van der Waals surface area contributed by atoms with Crippen LogP contribution in [0, 0.1) is 0 Å². The fraction of sp³-hybridized carbons (Fsp3) is 0.224. The number of nitrogens with zero attached hydrogens (tertiary/aromatic N) is 1. The minimum Gasteiger partial charge on any atom is -0.399 e. The Labute approximate surface area is 344 Å². The molecule has 12 N–H and O–H groups in total. The van der Waals surface area contributed by atoms with E-state index in [2.05, 4.69) is 29.2 Å². The van der Waals surface area contributed by atoms with E-state index in [4.69, 9.17) is 34.4 Å². The van der Waals surface area contributed by atoms with Gasteiger partial charge in [0.2, 0.25) is 0 Å². The van der Waals surface area contributed by atoms with E-state index in [0.29, 0.717) is 24.2 Å². The second-order valence-corrected chi connectivity index (χ2v) is 14.4. The summed E-state index contributed by atoms with van der Waals surface area (Å²) in [6, 6.07) is 45.9. The van der Waals surface area contributed by atoms with E-state index < -0.39 is 0 Å². The molecule has 0 saturated heterocycles. The predicted molar refractivity (Wildman–Crippen MR) is 246 cm³/mol. The lowest BCUT2D eigenvalue weighted by Gasteiger charge is -2.19. The summed E-state index contributed by atoms with van der Waals surface area (Å²) in [5, 5.41) is 0. The quantitative estimate of drug-likeness (QED) is 0.0315. The highest BCUT2D eigenvalue weighted by atomic mass is 16.1. The molecule has 0 aromatic heterocycles. The number of carbonyl (C=O) groups is 2. The fourth-order valence-electron chi connectivity index (χ4n) is 6.14. The maximum atomic E-state index is 12.0. The Morgan fingerprint density at radius 2 is 0.621 bits per heavy atom. The van der Waals surface area contributed by atoms with Gasteiger partial charge in [-0.2, -0.15) is 0 Å². The molecule has 9 heteroatoms. The van der Waals surface area contributed by atoms with Crippen LogP contribution in [0.15, 0.2) is 146 Å². The lowest BCUT2D eigenvalue weighted by Crippen LogP contribution is -2.09. The van der Waals surface area contributed by atoms with Crippen LogP contribution < -0.4 is 39.3 Å². The smallest absolute Gasteiger partial charge is 0.162 e. The van der Waals surface area contributed by atoms with Crippen molar-refractivity contribution < 1.29 is 9.59 Å². The maximum Gasteiger partial charge on any atom is 0.162 e. The Morgan fingerprint density at radius 1 is 0.362 bits per heavy atom. The molecule has 0 radical (unpaired) electrons. The topological polar surface area (TPSA) is 194 Å². The summed E-state index contributed by atoms with van der Waals surface area (Å²) in [5.41, 5.74) is 44.7. The number of benzene rings is 6. The molecular formula is C49H59N7O2. The van der Waals surface area contributed by atoms with Crippen molar-refractivity contribution in [2.24, 2.45) is 0 Å². The van der Waals surface area contributed by atoms with Gasteiger partial charge in [0.1, 0.15) is 0 Å². The van der Waals surface area contributed by atoms with Gasteiger partial charge in [-0.05, 0) is 165 Å². The Balaban J connectivity index is 0.000000199. The Kier molecular flexibility index (Phi) is 17.7. The van der Waals surface area contributed by atoms with Gasteiger partial charge in [0, 0.05) is 76.5 Å².